The van der Waals surface area contributed by atoms with Gasteiger partial charge < -0.3 is 10.1 Å². The van der Waals surface area contributed by atoms with E-state index in [-0.39, 0.29) is 0 Å². The Bertz CT molecular complexity index is 1070. The monoisotopic (exact) mass is 338 g/mol. The van der Waals surface area contributed by atoms with Gasteiger partial charge in [-0.3, -0.25) is 0 Å². The van der Waals surface area contributed by atoms with Crippen LogP contribution in [0.3, 0.4) is 0 Å². The third-order valence-corrected chi connectivity index (χ3v) is 4.76. The molecule has 0 saturated heterocycles. The average Bonchev–Trinajstić information content (AvgIpc) is 2.72. The Morgan fingerprint density at radius 3 is 2.58 bits per heavy atom. The normalized spacial score (nSPS) is 12.2. The van der Waals surface area contributed by atoms with Crippen molar-refractivity contribution >= 4 is 16.6 Å². The third kappa shape index (κ3) is 2.78. The first kappa shape index (κ1) is 15.0. The molecule has 26 heavy (non-hydrogen) atoms. The number of nitrogens with one attached hydrogen (secondary N) is 1. The maximum atomic E-state index is 5.93. The summed E-state index contributed by atoms with van der Waals surface area (Å²) in [4.78, 5) is 4.87. The number of ether oxygens (including phenoxy) is 1. The summed E-state index contributed by atoms with van der Waals surface area (Å²) in [6.07, 6.45) is 0. The van der Waals surface area contributed by atoms with E-state index in [0.29, 0.717) is 6.61 Å². The summed E-state index contributed by atoms with van der Waals surface area (Å²) in [6, 6.07) is 27.1. The third-order valence-electron chi connectivity index (χ3n) is 4.76. The fourth-order valence-corrected chi connectivity index (χ4v) is 3.32. The predicted octanol–water partition coefficient (Wildman–Crippen LogP) is 5.41. The number of aromatic nitrogens is 1. The predicted molar refractivity (Wildman–Crippen MR) is 105 cm³/mol. The Morgan fingerprint density at radius 1 is 0.885 bits per heavy atom. The summed E-state index contributed by atoms with van der Waals surface area (Å²) >= 11 is 0. The Kier molecular flexibility index (Phi) is 3.56. The van der Waals surface area contributed by atoms with E-state index in [9.17, 15) is 0 Å². The molecule has 0 fully saturated rings. The lowest BCUT2D eigenvalue weighted by Crippen LogP contribution is -2.01. The van der Waals surface area contributed by atoms with Gasteiger partial charge in [-0.25, -0.2) is 4.98 Å². The molecule has 0 aliphatic carbocycles. The summed E-state index contributed by atoms with van der Waals surface area (Å²) in [5.41, 5.74) is 6.53. The molecular weight excluding hydrogens is 320 g/mol. The topological polar surface area (TPSA) is 34.2 Å². The van der Waals surface area contributed by atoms with Gasteiger partial charge in [0.2, 0.25) is 0 Å². The first-order chi connectivity index (χ1) is 12.8. The number of pyridine rings is 1. The first-order valence-electron chi connectivity index (χ1n) is 8.80. The maximum Gasteiger partial charge on any atom is 0.122 e. The van der Waals surface area contributed by atoms with Gasteiger partial charge in [0.05, 0.1) is 11.2 Å². The minimum absolute atomic E-state index is 0.570. The number of rotatable bonds is 3. The Labute approximate surface area is 152 Å². The molecular formula is C23H18N2O. The molecule has 126 valence electrons. The minimum atomic E-state index is 0.570. The van der Waals surface area contributed by atoms with Crippen LogP contribution in [0.25, 0.3) is 22.2 Å². The van der Waals surface area contributed by atoms with E-state index < -0.39 is 0 Å². The molecule has 3 heteroatoms. The molecule has 3 aromatic carbocycles. The van der Waals surface area contributed by atoms with Crippen molar-refractivity contribution in [3.05, 3.63) is 90.0 Å². The van der Waals surface area contributed by atoms with E-state index in [1.54, 1.807) is 0 Å². The van der Waals surface area contributed by atoms with Crippen molar-refractivity contribution in [1.82, 2.24) is 4.98 Å². The highest BCUT2D eigenvalue weighted by molar-refractivity contribution is 5.94. The highest BCUT2D eigenvalue weighted by atomic mass is 16.5. The fourth-order valence-electron chi connectivity index (χ4n) is 3.32. The van der Waals surface area contributed by atoms with Gasteiger partial charge in [0.1, 0.15) is 12.4 Å². The fraction of sp³-hybridized carbons (Fsp3) is 0.0870. The second-order valence-corrected chi connectivity index (χ2v) is 6.56. The second kappa shape index (κ2) is 6.19. The molecule has 1 N–H and O–H groups in total. The molecule has 0 saturated carbocycles. The molecule has 0 unspecified atom stereocenters. The Morgan fingerprint density at radius 2 is 1.73 bits per heavy atom. The van der Waals surface area contributed by atoms with Crippen LogP contribution in [0.15, 0.2) is 78.9 Å². The van der Waals surface area contributed by atoms with Crippen molar-refractivity contribution in [2.45, 2.75) is 13.2 Å². The first-order valence-corrected chi connectivity index (χ1v) is 8.80. The van der Waals surface area contributed by atoms with Crippen LogP contribution in [0, 0.1) is 0 Å². The van der Waals surface area contributed by atoms with Gasteiger partial charge in [0.15, 0.2) is 0 Å². The number of nitrogens with zero attached hydrogens (tertiary/aromatic N) is 1. The number of fused-ring (bicyclic) bond motifs is 3. The zero-order chi connectivity index (χ0) is 17.3. The molecule has 0 radical (unpaired) electrons. The highest BCUT2D eigenvalue weighted by Crippen LogP contribution is 2.32. The van der Waals surface area contributed by atoms with Crippen molar-refractivity contribution in [3.8, 4) is 17.0 Å². The van der Waals surface area contributed by atoms with E-state index in [1.807, 2.05) is 18.2 Å². The number of hydrogen-bond donors (Lipinski definition) is 1. The van der Waals surface area contributed by atoms with E-state index in [2.05, 4.69) is 66.0 Å². The second-order valence-electron chi connectivity index (χ2n) is 6.56. The molecule has 0 atom stereocenters. The summed E-state index contributed by atoms with van der Waals surface area (Å²) in [5, 5.41) is 4.69. The van der Waals surface area contributed by atoms with Crippen LogP contribution in [-0.4, -0.2) is 4.98 Å². The Hall–Kier alpha value is -3.33. The molecule has 0 amide bonds. The van der Waals surface area contributed by atoms with E-state index in [1.165, 1.54) is 5.56 Å². The van der Waals surface area contributed by atoms with Crippen LogP contribution in [0.1, 0.15) is 11.1 Å². The molecule has 0 spiro atoms. The van der Waals surface area contributed by atoms with E-state index in [4.69, 9.17) is 9.72 Å². The lowest BCUT2D eigenvalue weighted by molar-refractivity contribution is 0.306. The van der Waals surface area contributed by atoms with Crippen LogP contribution in [0.2, 0.25) is 0 Å². The number of anilines is 1. The number of hydrogen-bond acceptors (Lipinski definition) is 3. The molecule has 3 heterocycles. The molecule has 4 aromatic rings. The quantitative estimate of drug-likeness (QED) is 0.542. The molecule has 2 aliphatic heterocycles. The maximum absolute atomic E-state index is 5.93. The van der Waals surface area contributed by atoms with Crippen molar-refractivity contribution < 1.29 is 4.74 Å². The van der Waals surface area contributed by atoms with Crippen LogP contribution in [0.5, 0.6) is 5.75 Å². The molecule has 6 rings (SSSR count). The summed E-state index contributed by atoms with van der Waals surface area (Å²) in [5.74, 6) is 0.848. The van der Waals surface area contributed by atoms with E-state index >= 15 is 0 Å². The van der Waals surface area contributed by atoms with Gasteiger partial charge in [0.25, 0.3) is 0 Å². The van der Waals surface area contributed by atoms with E-state index in [0.717, 1.165) is 45.7 Å². The smallest absolute Gasteiger partial charge is 0.122 e. The van der Waals surface area contributed by atoms with Crippen molar-refractivity contribution in [2.75, 3.05) is 5.32 Å². The van der Waals surface area contributed by atoms with Gasteiger partial charge in [-0.05, 0) is 29.3 Å². The molecule has 1 aromatic heterocycles. The summed E-state index contributed by atoms with van der Waals surface area (Å²) in [7, 11) is 0. The SMILES string of the molecule is c1ccc(CNc2cc3nc4cc(ccc24)OCc2ccc-3cc2)cc1. The van der Waals surface area contributed by atoms with Crippen molar-refractivity contribution in [3.63, 3.8) is 0 Å². The zero-order valence-corrected chi connectivity index (χ0v) is 14.3. The van der Waals surface area contributed by atoms with Crippen LogP contribution in [-0.2, 0) is 13.2 Å². The van der Waals surface area contributed by atoms with Gasteiger partial charge in [-0.15, -0.1) is 0 Å². The minimum Gasteiger partial charge on any atom is -0.489 e. The summed E-state index contributed by atoms with van der Waals surface area (Å²) < 4.78 is 5.93. The lowest BCUT2D eigenvalue weighted by Gasteiger charge is -2.13. The average molecular weight is 338 g/mol. The van der Waals surface area contributed by atoms with Crippen molar-refractivity contribution in [2.24, 2.45) is 0 Å². The lowest BCUT2D eigenvalue weighted by atomic mass is 10.1. The van der Waals surface area contributed by atoms with Crippen LogP contribution < -0.4 is 10.1 Å². The standard InChI is InChI=1S/C23H18N2O/c1-2-4-16(5-3-1)14-24-22-13-21-18-8-6-17(7-9-18)15-26-19-10-11-20(22)23(12-19)25-21/h1-13H,14-15H2,(H,24,25). The van der Waals surface area contributed by atoms with Crippen LogP contribution in [0.4, 0.5) is 5.69 Å². The molecule has 2 aliphatic rings. The highest BCUT2D eigenvalue weighted by Gasteiger charge is 2.11. The zero-order valence-electron chi connectivity index (χ0n) is 14.3. The van der Waals surface area contributed by atoms with Gasteiger partial charge in [-0.2, -0.15) is 0 Å². The van der Waals surface area contributed by atoms with Crippen LogP contribution >= 0.6 is 0 Å². The molecule has 5 bridgehead atoms. The Balaban J connectivity index is 1.63. The largest absolute Gasteiger partial charge is 0.489 e. The van der Waals surface area contributed by atoms with Gasteiger partial charge in [0, 0.05) is 29.2 Å². The van der Waals surface area contributed by atoms with Gasteiger partial charge in [-0.1, -0.05) is 54.6 Å². The number of benzene rings is 3. The summed E-state index contributed by atoms with van der Waals surface area (Å²) in [6.45, 7) is 1.34. The van der Waals surface area contributed by atoms with Gasteiger partial charge >= 0.3 is 0 Å². The van der Waals surface area contributed by atoms with Crippen molar-refractivity contribution in [1.29, 1.82) is 0 Å². The molecule has 3 nitrogen and oxygen atoms in total.